The van der Waals surface area contributed by atoms with Crippen molar-refractivity contribution >= 4 is 5.91 Å². The molecule has 1 N–H and O–H groups in total. The van der Waals surface area contributed by atoms with E-state index in [2.05, 4.69) is 16.2 Å². The highest BCUT2D eigenvalue weighted by atomic mass is 16.5. The van der Waals surface area contributed by atoms with Gasteiger partial charge < -0.3 is 9.64 Å². The Morgan fingerprint density at radius 2 is 2.00 bits per heavy atom. The van der Waals surface area contributed by atoms with Gasteiger partial charge >= 0.3 is 0 Å². The quantitative estimate of drug-likeness (QED) is 0.703. The van der Waals surface area contributed by atoms with Gasteiger partial charge in [0.05, 0.1) is 40.4 Å². The van der Waals surface area contributed by atoms with E-state index in [-0.39, 0.29) is 17.6 Å². The number of rotatable bonds is 4. The van der Waals surface area contributed by atoms with Crippen LogP contribution in [-0.4, -0.2) is 51.9 Å². The van der Waals surface area contributed by atoms with E-state index in [9.17, 15) is 9.59 Å². The average Bonchev–Trinajstić information content (AvgIpc) is 3.20. The summed E-state index contributed by atoms with van der Waals surface area (Å²) in [6.45, 7) is 3.18. The fourth-order valence-corrected chi connectivity index (χ4v) is 3.84. The Morgan fingerprint density at radius 3 is 2.61 bits per heavy atom. The Hall–Kier alpha value is -3.70. The Kier molecular flexibility index (Phi) is 5.69. The maximum Gasteiger partial charge on any atom is 0.271 e. The number of nitriles is 1. The number of piperidine rings is 1. The van der Waals surface area contributed by atoms with Gasteiger partial charge in [-0.1, -0.05) is 0 Å². The van der Waals surface area contributed by atoms with Gasteiger partial charge in [-0.05, 0) is 55.7 Å². The van der Waals surface area contributed by atoms with Crippen molar-refractivity contribution < 1.29 is 9.53 Å². The maximum atomic E-state index is 12.7. The molecule has 1 aliphatic rings. The summed E-state index contributed by atoms with van der Waals surface area (Å²) in [4.78, 5) is 31.5. The summed E-state index contributed by atoms with van der Waals surface area (Å²) >= 11 is 0. The molecule has 8 nitrogen and oxygen atoms in total. The highest BCUT2D eigenvalue weighted by Gasteiger charge is 2.23. The monoisotopic (exact) mass is 417 g/mol. The molecule has 0 saturated carbocycles. The van der Waals surface area contributed by atoms with Crippen molar-refractivity contribution in [2.75, 3.05) is 20.2 Å². The molecular weight excluding hydrogens is 394 g/mol. The number of nitrogens with zero attached hydrogens (tertiary/aromatic N) is 4. The Labute approximate surface area is 179 Å². The van der Waals surface area contributed by atoms with Crippen LogP contribution in [0.25, 0.3) is 17.1 Å². The molecule has 2 aromatic heterocycles. The lowest BCUT2D eigenvalue weighted by Gasteiger charge is -2.31. The topological polar surface area (TPSA) is 104 Å². The Morgan fingerprint density at radius 1 is 1.23 bits per heavy atom. The average molecular weight is 417 g/mol. The summed E-state index contributed by atoms with van der Waals surface area (Å²) in [6, 6.07) is 12.2. The zero-order valence-corrected chi connectivity index (χ0v) is 17.5. The van der Waals surface area contributed by atoms with Crippen molar-refractivity contribution in [3.63, 3.8) is 0 Å². The van der Waals surface area contributed by atoms with E-state index in [4.69, 9.17) is 10.00 Å². The molecule has 1 amide bonds. The second kappa shape index (κ2) is 8.58. The van der Waals surface area contributed by atoms with Crippen LogP contribution in [0.2, 0.25) is 0 Å². The molecule has 8 heteroatoms. The van der Waals surface area contributed by atoms with E-state index in [1.54, 1.807) is 43.6 Å². The molecule has 0 spiro atoms. The third kappa shape index (κ3) is 4.13. The van der Waals surface area contributed by atoms with Crippen molar-refractivity contribution in [3.8, 4) is 23.1 Å². The lowest BCUT2D eigenvalue weighted by atomic mass is 10.1. The second-order valence-corrected chi connectivity index (χ2v) is 7.62. The van der Waals surface area contributed by atoms with E-state index in [1.807, 2.05) is 11.8 Å². The van der Waals surface area contributed by atoms with Crippen molar-refractivity contribution in [2.45, 2.75) is 25.9 Å². The van der Waals surface area contributed by atoms with Gasteiger partial charge in [0.15, 0.2) is 0 Å². The van der Waals surface area contributed by atoms with Gasteiger partial charge in [0, 0.05) is 32.5 Å². The van der Waals surface area contributed by atoms with Crippen LogP contribution in [0.1, 0.15) is 34.3 Å². The third-order valence-electron chi connectivity index (χ3n) is 5.64. The van der Waals surface area contributed by atoms with E-state index in [0.717, 1.165) is 18.4 Å². The first-order valence-electron chi connectivity index (χ1n) is 10.1. The normalized spacial score (nSPS) is 14.4. The lowest BCUT2D eigenvalue weighted by molar-refractivity contribution is 0.0350. The number of likely N-dealkylation sites (tertiary alicyclic amines) is 1. The van der Waals surface area contributed by atoms with Crippen LogP contribution in [-0.2, 0) is 4.74 Å². The number of ether oxygens (including phenoxy) is 1. The number of aromatic nitrogens is 3. The smallest absolute Gasteiger partial charge is 0.271 e. The van der Waals surface area contributed by atoms with Gasteiger partial charge in [0.1, 0.15) is 0 Å². The van der Waals surface area contributed by atoms with E-state index in [0.29, 0.717) is 41.3 Å². The van der Waals surface area contributed by atoms with Crippen LogP contribution in [0, 0.1) is 18.3 Å². The van der Waals surface area contributed by atoms with Crippen LogP contribution in [0.15, 0.2) is 47.4 Å². The van der Waals surface area contributed by atoms with E-state index in [1.165, 1.54) is 10.7 Å². The van der Waals surface area contributed by atoms with Gasteiger partial charge in [-0.15, -0.1) is 0 Å². The molecule has 1 aromatic carbocycles. The molecule has 3 heterocycles. The number of hydrogen-bond acceptors (Lipinski definition) is 5. The van der Waals surface area contributed by atoms with Crippen LogP contribution >= 0.6 is 0 Å². The predicted molar refractivity (Wildman–Crippen MR) is 115 cm³/mol. The fraction of sp³-hybridized carbons (Fsp3) is 0.304. The Balaban J connectivity index is 1.54. The molecule has 0 unspecified atom stereocenters. The van der Waals surface area contributed by atoms with Crippen LogP contribution in [0.4, 0.5) is 0 Å². The third-order valence-corrected chi connectivity index (χ3v) is 5.64. The summed E-state index contributed by atoms with van der Waals surface area (Å²) in [5.41, 5.74) is 3.41. The van der Waals surface area contributed by atoms with Crippen molar-refractivity contribution in [3.05, 3.63) is 69.6 Å². The zero-order chi connectivity index (χ0) is 22.0. The van der Waals surface area contributed by atoms with Crippen LogP contribution in [0.5, 0.6) is 0 Å². The molecule has 1 saturated heterocycles. The number of pyridine rings is 1. The van der Waals surface area contributed by atoms with Gasteiger partial charge in [-0.3, -0.25) is 19.7 Å². The van der Waals surface area contributed by atoms with E-state index >= 15 is 0 Å². The molecule has 158 valence electrons. The number of aromatic amines is 1. The maximum absolute atomic E-state index is 12.7. The number of carbonyl (C=O) groups is 1. The number of benzene rings is 1. The van der Waals surface area contributed by atoms with Crippen LogP contribution in [0.3, 0.4) is 0 Å². The first kappa shape index (κ1) is 20.6. The first-order chi connectivity index (χ1) is 15.0. The van der Waals surface area contributed by atoms with Gasteiger partial charge in [0.25, 0.3) is 11.5 Å². The summed E-state index contributed by atoms with van der Waals surface area (Å²) in [7, 11) is 1.70. The highest BCUT2D eigenvalue weighted by Crippen LogP contribution is 2.19. The molecule has 31 heavy (non-hydrogen) atoms. The number of hydrogen-bond donors (Lipinski definition) is 1. The molecular formula is C23H23N5O3. The number of carbonyl (C=O) groups excluding carboxylic acids is 1. The van der Waals surface area contributed by atoms with Crippen molar-refractivity contribution in [2.24, 2.45) is 0 Å². The van der Waals surface area contributed by atoms with Gasteiger partial charge in [-0.2, -0.15) is 5.26 Å². The second-order valence-electron chi connectivity index (χ2n) is 7.62. The number of H-pyrrole nitrogens is 1. The SMILES string of the molecule is COC1CCN(C(=O)c2ccc(-c3cc(=O)n(-c4ccc(C#N)cc4C)[nH]3)nc2)CC1. The molecule has 0 aliphatic carbocycles. The fourth-order valence-electron chi connectivity index (χ4n) is 3.84. The molecule has 0 radical (unpaired) electrons. The molecule has 0 atom stereocenters. The predicted octanol–water partition coefficient (Wildman–Crippen LogP) is 2.66. The van der Waals surface area contributed by atoms with Crippen molar-refractivity contribution in [1.29, 1.82) is 5.26 Å². The summed E-state index contributed by atoms with van der Waals surface area (Å²) in [6.07, 6.45) is 3.42. The van der Waals surface area contributed by atoms with Gasteiger partial charge in [-0.25, -0.2) is 4.68 Å². The molecule has 1 aliphatic heterocycles. The molecule has 3 aromatic rings. The number of amides is 1. The summed E-state index contributed by atoms with van der Waals surface area (Å²) in [5.74, 6) is -0.0483. The minimum Gasteiger partial charge on any atom is -0.381 e. The number of aryl methyl sites for hydroxylation is 1. The largest absolute Gasteiger partial charge is 0.381 e. The lowest BCUT2D eigenvalue weighted by Crippen LogP contribution is -2.40. The Bertz CT molecular complexity index is 1200. The number of nitrogens with one attached hydrogen (secondary N) is 1. The summed E-state index contributed by atoms with van der Waals surface area (Å²) < 4.78 is 6.78. The molecule has 1 fully saturated rings. The zero-order valence-electron chi connectivity index (χ0n) is 17.5. The first-order valence-corrected chi connectivity index (χ1v) is 10.1. The molecule has 4 rings (SSSR count). The summed E-state index contributed by atoms with van der Waals surface area (Å²) in [5, 5.41) is 12.1. The van der Waals surface area contributed by atoms with Crippen LogP contribution < -0.4 is 5.56 Å². The van der Waals surface area contributed by atoms with Crippen molar-refractivity contribution in [1.82, 2.24) is 19.7 Å². The number of methoxy groups -OCH3 is 1. The minimum absolute atomic E-state index is 0.0483. The van der Waals surface area contributed by atoms with Gasteiger partial charge in [0.2, 0.25) is 0 Å². The minimum atomic E-state index is -0.231. The standard InChI is InChI=1S/C23H23N5O3/c1-15-11-16(13-24)3-6-21(15)28-22(29)12-20(26-28)19-5-4-17(14-25-19)23(30)27-9-7-18(31-2)8-10-27/h3-6,11-12,14,18,26H,7-10H2,1-2H3. The highest BCUT2D eigenvalue weighted by molar-refractivity contribution is 5.94. The van der Waals surface area contributed by atoms with E-state index < -0.39 is 0 Å². The molecule has 0 bridgehead atoms.